The summed E-state index contributed by atoms with van der Waals surface area (Å²) in [5.41, 5.74) is 1.04. The Bertz CT molecular complexity index is 961. The van der Waals surface area contributed by atoms with Crippen molar-refractivity contribution in [2.24, 2.45) is 0 Å². The minimum Gasteiger partial charge on any atom is -0.493 e. The zero-order valence-electron chi connectivity index (χ0n) is 13.4. The van der Waals surface area contributed by atoms with E-state index in [1.807, 2.05) is 30.3 Å². The number of halogens is 1. The van der Waals surface area contributed by atoms with Gasteiger partial charge in [0.25, 0.3) is 0 Å². The molecule has 0 saturated heterocycles. The van der Waals surface area contributed by atoms with Gasteiger partial charge in [-0.05, 0) is 24.3 Å². The zero-order chi connectivity index (χ0) is 18.0. The smallest absolute Gasteiger partial charge is 0.187 e. The molecule has 0 unspecified atom stereocenters. The van der Waals surface area contributed by atoms with Crippen molar-refractivity contribution in [2.75, 3.05) is 14.2 Å². The summed E-state index contributed by atoms with van der Waals surface area (Å²) in [6, 6.07) is 12.5. The molecule has 1 atom stereocenters. The van der Waals surface area contributed by atoms with Crippen LogP contribution in [0.5, 0.6) is 11.5 Å². The molecule has 7 heteroatoms. The van der Waals surface area contributed by atoms with Crippen LogP contribution in [-0.4, -0.2) is 25.0 Å². The molecule has 0 spiro atoms. The first-order chi connectivity index (χ1) is 12.1. The maximum atomic E-state index is 12.9. The van der Waals surface area contributed by atoms with E-state index >= 15 is 0 Å². The summed E-state index contributed by atoms with van der Waals surface area (Å²) < 4.78 is 11.3. The molecule has 0 fully saturated rings. The fraction of sp³-hybridized carbons (Fsp3) is 0.167. The highest BCUT2D eigenvalue weighted by Crippen LogP contribution is 2.38. The van der Waals surface area contributed by atoms with Gasteiger partial charge in [-0.15, -0.1) is 11.3 Å². The predicted molar refractivity (Wildman–Crippen MR) is 96.9 cm³/mol. The van der Waals surface area contributed by atoms with Gasteiger partial charge in [0.05, 0.1) is 35.5 Å². The SMILES string of the molecule is COc1cc(C(=O)[C@H](C#N)c2nc3ccccc3s2)cc(Cl)c1OC. The van der Waals surface area contributed by atoms with Gasteiger partial charge in [-0.3, -0.25) is 4.79 Å². The van der Waals surface area contributed by atoms with Crippen LogP contribution in [0.25, 0.3) is 10.2 Å². The average Bonchev–Trinajstić information content (AvgIpc) is 3.05. The number of Topliss-reactive ketones (excluding diaryl/α,β-unsaturated/α-hetero) is 1. The van der Waals surface area contributed by atoms with Gasteiger partial charge in [-0.2, -0.15) is 5.26 Å². The Morgan fingerprint density at radius 2 is 2.04 bits per heavy atom. The van der Waals surface area contributed by atoms with Gasteiger partial charge in [-0.25, -0.2) is 4.98 Å². The molecule has 0 N–H and O–H groups in total. The van der Waals surface area contributed by atoms with Gasteiger partial charge in [0, 0.05) is 5.56 Å². The van der Waals surface area contributed by atoms with Gasteiger partial charge >= 0.3 is 0 Å². The summed E-state index contributed by atoms with van der Waals surface area (Å²) in [7, 11) is 2.92. The van der Waals surface area contributed by atoms with E-state index in [4.69, 9.17) is 21.1 Å². The van der Waals surface area contributed by atoms with Crippen molar-refractivity contribution in [1.29, 1.82) is 5.26 Å². The number of carbonyl (C=O) groups is 1. The average molecular weight is 373 g/mol. The topological polar surface area (TPSA) is 72.2 Å². The number of hydrogen-bond acceptors (Lipinski definition) is 6. The molecule has 0 amide bonds. The Morgan fingerprint density at radius 1 is 1.28 bits per heavy atom. The lowest BCUT2D eigenvalue weighted by atomic mass is 9.99. The van der Waals surface area contributed by atoms with Crippen molar-refractivity contribution in [1.82, 2.24) is 4.98 Å². The fourth-order valence-corrected chi connectivity index (χ4v) is 3.77. The number of benzene rings is 2. The molecule has 5 nitrogen and oxygen atoms in total. The van der Waals surface area contributed by atoms with Crippen LogP contribution in [0.3, 0.4) is 0 Å². The Kier molecular flexibility index (Phi) is 4.88. The molecule has 0 aliphatic heterocycles. The molecular weight excluding hydrogens is 360 g/mol. The lowest BCUT2D eigenvalue weighted by Crippen LogP contribution is -2.11. The molecule has 0 aliphatic carbocycles. The van der Waals surface area contributed by atoms with Crippen LogP contribution in [0.15, 0.2) is 36.4 Å². The third kappa shape index (κ3) is 3.16. The molecule has 0 saturated carbocycles. The van der Waals surface area contributed by atoms with Gasteiger partial charge in [0.15, 0.2) is 23.2 Å². The second-order valence-electron chi connectivity index (χ2n) is 5.14. The van der Waals surface area contributed by atoms with Gasteiger partial charge in [0.1, 0.15) is 5.01 Å². The van der Waals surface area contributed by atoms with Crippen molar-refractivity contribution < 1.29 is 14.3 Å². The third-order valence-corrected chi connectivity index (χ3v) is 5.05. The maximum absolute atomic E-state index is 12.9. The van der Waals surface area contributed by atoms with Crippen molar-refractivity contribution in [3.8, 4) is 17.6 Å². The molecule has 0 radical (unpaired) electrons. The summed E-state index contributed by atoms with van der Waals surface area (Å²) in [4.78, 5) is 17.3. The van der Waals surface area contributed by atoms with E-state index < -0.39 is 5.92 Å². The number of ketones is 1. The first-order valence-electron chi connectivity index (χ1n) is 7.29. The molecule has 3 rings (SSSR count). The maximum Gasteiger partial charge on any atom is 0.187 e. The summed E-state index contributed by atoms with van der Waals surface area (Å²) in [5, 5.41) is 10.2. The standard InChI is InChI=1S/C18H13ClN2O3S/c1-23-14-8-10(7-12(19)17(14)24-2)16(22)11(9-20)18-21-13-5-3-4-6-15(13)25-18/h3-8,11H,1-2H3/t11-/m0/s1. The number of ether oxygens (including phenoxy) is 2. The minimum absolute atomic E-state index is 0.242. The Morgan fingerprint density at radius 3 is 2.68 bits per heavy atom. The summed E-state index contributed by atoms with van der Waals surface area (Å²) in [5.74, 6) is -0.718. The van der Waals surface area contributed by atoms with E-state index in [-0.39, 0.29) is 16.4 Å². The van der Waals surface area contributed by atoms with Crippen molar-refractivity contribution in [3.05, 3.63) is 52.0 Å². The Balaban J connectivity index is 2.03. The molecule has 2 aromatic carbocycles. The highest BCUT2D eigenvalue weighted by atomic mass is 35.5. The number of thiazole rings is 1. The zero-order valence-corrected chi connectivity index (χ0v) is 15.0. The number of aromatic nitrogens is 1. The summed E-state index contributed by atoms with van der Waals surface area (Å²) in [6.45, 7) is 0. The molecule has 1 heterocycles. The van der Waals surface area contributed by atoms with Crippen molar-refractivity contribution in [3.63, 3.8) is 0 Å². The molecule has 126 valence electrons. The molecule has 0 bridgehead atoms. The number of methoxy groups -OCH3 is 2. The van der Waals surface area contributed by atoms with Crippen LogP contribution < -0.4 is 9.47 Å². The van der Waals surface area contributed by atoms with Crippen LogP contribution in [0, 0.1) is 11.3 Å². The van der Waals surface area contributed by atoms with Crippen molar-refractivity contribution in [2.45, 2.75) is 5.92 Å². The Hall–Kier alpha value is -2.62. The fourth-order valence-electron chi connectivity index (χ4n) is 2.47. The van der Waals surface area contributed by atoms with Crippen LogP contribution in [0.1, 0.15) is 21.3 Å². The quantitative estimate of drug-likeness (QED) is 0.618. The molecule has 1 aromatic heterocycles. The first-order valence-corrected chi connectivity index (χ1v) is 8.49. The largest absolute Gasteiger partial charge is 0.493 e. The highest BCUT2D eigenvalue weighted by Gasteiger charge is 2.27. The number of nitrogens with zero attached hydrogens (tertiary/aromatic N) is 2. The normalized spacial score (nSPS) is 11.8. The lowest BCUT2D eigenvalue weighted by Gasteiger charge is -2.12. The number of hydrogen-bond donors (Lipinski definition) is 0. The van der Waals surface area contributed by atoms with Crippen molar-refractivity contribution >= 4 is 38.9 Å². The van der Waals surface area contributed by atoms with Gasteiger partial charge in [0.2, 0.25) is 0 Å². The molecular formula is C18H13ClN2O3S. The van der Waals surface area contributed by atoms with Crippen LogP contribution in [-0.2, 0) is 0 Å². The number of nitriles is 1. The van der Waals surface area contributed by atoms with Crippen LogP contribution in [0.2, 0.25) is 5.02 Å². The Labute approximate surface area is 153 Å². The van der Waals surface area contributed by atoms with Gasteiger partial charge in [-0.1, -0.05) is 23.7 Å². The lowest BCUT2D eigenvalue weighted by molar-refractivity contribution is 0.0978. The van der Waals surface area contributed by atoms with E-state index in [1.54, 1.807) is 0 Å². The number of fused-ring (bicyclic) bond motifs is 1. The second kappa shape index (κ2) is 7.09. The third-order valence-electron chi connectivity index (χ3n) is 3.67. The summed E-state index contributed by atoms with van der Waals surface area (Å²) in [6.07, 6.45) is 0. The van der Waals surface area contributed by atoms with E-state index in [0.29, 0.717) is 16.5 Å². The van der Waals surface area contributed by atoms with E-state index in [9.17, 15) is 10.1 Å². The summed E-state index contributed by atoms with van der Waals surface area (Å²) >= 11 is 7.49. The number of rotatable bonds is 5. The molecule has 25 heavy (non-hydrogen) atoms. The highest BCUT2D eigenvalue weighted by molar-refractivity contribution is 7.18. The number of carbonyl (C=O) groups excluding carboxylic acids is 1. The van der Waals surface area contributed by atoms with Gasteiger partial charge < -0.3 is 9.47 Å². The van der Waals surface area contributed by atoms with Crippen LogP contribution >= 0.6 is 22.9 Å². The number of para-hydroxylation sites is 1. The van der Waals surface area contributed by atoms with Crippen LogP contribution in [0.4, 0.5) is 0 Å². The monoisotopic (exact) mass is 372 g/mol. The van der Waals surface area contributed by atoms with E-state index in [0.717, 1.165) is 10.2 Å². The first kappa shape index (κ1) is 17.2. The second-order valence-corrected chi connectivity index (χ2v) is 6.61. The van der Waals surface area contributed by atoms with E-state index in [2.05, 4.69) is 4.98 Å². The predicted octanol–water partition coefficient (Wildman–Crippen LogP) is 4.46. The van der Waals surface area contributed by atoms with E-state index in [1.165, 1.54) is 37.7 Å². The minimum atomic E-state index is -1.01. The molecule has 3 aromatic rings. The molecule has 0 aliphatic rings.